The van der Waals surface area contributed by atoms with E-state index in [1.54, 1.807) is 6.07 Å². The third-order valence-corrected chi connectivity index (χ3v) is 1.34. The number of alkyl halides is 2. The molecule has 1 nitrogen and oxygen atoms in total. The lowest BCUT2D eigenvalue weighted by molar-refractivity contribution is 0.0181. The molecule has 1 rings (SSSR count). The van der Waals surface area contributed by atoms with Crippen molar-refractivity contribution in [2.45, 2.75) is 12.3 Å². The van der Waals surface area contributed by atoms with Crippen LogP contribution in [0.25, 0.3) is 0 Å². The normalized spacial score (nSPS) is 21.6. The predicted octanol–water partition coefficient (Wildman–Crippen LogP) is 2.33. The summed E-state index contributed by atoms with van der Waals surface area (Å²) in [4.78, 5) is 0. The van der Waals surface area contributed by atoms with E-state index in [2.05, 4.69) is 0 Å². The first-order chi connectivity index (χ1) is 5.06. The molecule has 0 N–H and O–H groups in total. The van der Waals surface area contributed by atoms with Gasteiger partial charge in [-0.3, -0.25) is 0 Å². The second-order valence-electron chi connectivity index (χ2n) is 2.20. The minimum absolute atomic E-state index is 0.101. The molecule has 0 saturated heterocycles. The fourth-order valence-corrected chi connectivity index (χ4v) is 0.755. The highest BCUT2D eigenvalue weighted by atomic mass is 19.3. The Kier molecular flexibility index (Phi) is 1.73. The van der Waals surface area contributed by atoms with Crippen molar-refractivity contribution in [3.05, 3.63) is 23.6 Å². The molecule has 4 heteroatoms. The van der Waals surface area contributed by atoms with Crippen LogP contribution < -0.4 is 0 Å². The van der Waals surface area contributed by atoms with E-state index in [4.69, 9.17) is 5.26 Å². The van der Waals surface area contributed by atoms with E-state index >= 15 is 0 Å². The highest BCUT2D eigenvalue weighted by molar-refractivity contribution is 5.34. The monoisotopic (exact) mass is 159 g/mol. The number of nitriles is 1. The van der Waals surface area contributed by atoms with Crippen molar-refractivity contribution >= 4 is 0 Å². The number of halogens is 3. The van der Waals surface area contributed by atoms with Gasteiger partial charge in [0, 0.05) is 5.57 Å². The summed E-state index contributed by atoms with van der Waals surface area (Å²) in [5, 5.41) is 8.21. The quantitative estimate of drug-likeness (QED) is 0.532. The van der Waals surface area contributed by atoms with Crippen molar-refractivity contribution in [3.8, 4) is 6.07 Å². The molecule has 0 bridgehead atoms. The van der Waals surface area contributed by atoms with Crippen LogP contribution in [0.1, 0.15) is 6.42 Å². The van der Waals surface area contributed by atoms with Gasteiger partial charge in [0.05, 0.1) is 12.5 Å². The second kappa shape index (κ2) is 2.42. The highest BCUT2D eigenvalue weighted by Crippen LogP contribution is 2.34. The molecule has 0 spiro atoms. The van der Waals surface area contributed by atoms with E-state index in [1.807, 2.05) is 0 Å². The van der Waals surface area contributed by atoms with E-state index in [0.29, 0.717) is 6.08 Å². The smallest absolute Gasteiger partial charge is 0.205 e. The molecule has 0 aromatic rings. The highest BCUT2D eigenvalue weighted by Gasteiger charge is 2.37. The van der Waals surface area contributed by atoms with Crippen LogP contribution >= 0.6 is 0 Å². The van der Waals surface area contributed by atoms with Crippen LogP contribution in [0.4, 0.5) is 13.2 Å². The van der Waals surface area contributed by atoms with E-state index in [-0.39, 0.29) is 5.57 Å². The molecule has 58 valence electrons. The molecule has 0 aliphatic heterocycles. The maximum atomic E-state index is 12.4. The van der Waals surface area contributed by atoms with E-state index in [1.165, 1.54) is 0 Å². The Labute approximate surface area is 61.4 Å². The summed E-state index contributed by atoms with van der Waals surface area (Å²) in [5.41, 5.74) is -0.101. The first-order valence-corrected chi connectivity index (χ1v) is 2.91. The third-order valence-electron chi connectivity index (χ3n) is 1.34. The largest absolute Gasteiger partial charge is 0.303 e. The number of nitrogens with zero attached hydrogens (tertiary/aromatic N) is 1. The third kappa shape index (κ3) is 1.43. The van der Waals surface area contributed by atoms with Gasteiger partial charge in [-0.15, -0.1) is 0 Å². The van der Waals surface area contributed by atoms with Gasteiger partial charge in [-0.25, -0.2) is 4.39 Å². The first-order valence-electron chi connectivity index (χ1n) is 2.91. The number of hydrogen-bond acceptors (Lipinski definition) is 1. The summed E-state index contributed by atoms with van der Waals surface area (Å²) in [7, 11) is 0. The van der Waals surface area contributed by atoms with Crippen LogP contribution in [0.15, 0.2) is 23.6 Å². The van der Waals surface area contributed by atoms with Crippen LogP contribution in [0, 0.1) is 11.3 Å². The van der Waals surface area contributed by atoms with Crippen molar-refractivity contribution in [3.63, 3.8) is 0 Å². The average Bonchev–Trinajstić information content (AvgIpc) is 1.95. The maximum Gasteiger partial charge on any atom is 0.303 e. The van der Waals surface area contributed by atoms with Crippen molar-refractivity contribution in [2.75, 3.05) is 0 Å². The van der Waals surface area contributed by atoms with Crippen molar-refractivity contribution in [1.29, 1.82) is 5.26 Å². The lowest BCUT2D eigenvalue weighted by Crippen LogP contribution is -2.19. The lowest BCUT2D eigenvalue weighted by Gasteiger charge is -2.15. The molecule has 0 aromatic carbocycles. The van der Waals surface area contributed by atoms with E-state index in [0.717, 1.165) is 6.08 Å². The minimum atomic E-state index is -3.49. The van der Waals surface area contributed by atoms with Crippen LogP contribution in [-0.2, 0) is 0 Å². The molecule has 0 heterocycles. The summed E-state index contributed by atoms with van der Waals surface area (Å²) in [6.07, 6.45) is 0.862. The Bertz CT molecular complexity index is 270. The van der Waals surface area contributed by atoms with Crippen LogP contribution in [-0.4, -0.2) is 5.92 Å². The average molecular weight is 159 g/mol. The Morgan fingerprint density at radius 3 is 2.55 bits per heavy atom. The number of rotatable bonds is 0. The molecule has 0 fully saturated rings. The Hall–Kier alpha value is -1.24. The fraction of sp³-hybridized carbons (Fsp3) is 0.286. The molecule has 0 saturated carbocycles. The van der Waals surface area contributed by atoms with Crippen molar-refractivity contribution < 1.29 is 13.2 Å². The molecule has 0 aromatic heterocycles. The Morgan fingerprint density at radius 2 is 2.09 bits per heavy atom. The van der Waals surface area contributed by atoms with Gasteiger partial charge in [-0.1, -0.05) is 0 Å². The topological polar surface area (TPSA) is 23.8 Å². The molecule has 0 radical (unpaired) electrons. The molecule has 0 unspecified atom stereocenters. The van der Waals surface area contributed by atoms with Gasteiger partial charge >= 0.3 is 5.92 Å². The van der Waals surface area contributed by atoms with Gasteiger partial charge in [0.25, 0.3) is 0 Å². The van der Waals surface area contributed by atoms with Gasteiger partial charge in [-0.2, -0.15) is 14.0 Å². The van der Waals surface area contributed by atoms with E-state index < -0.39 is 18.2 Å². The molecule has 1 aliphatic rings. The summed E-state index contributed by atoms with van der Waals surface area (Å²) in [6, 6.07) is 1.55. The summed E-state index contributed by atoms with van der Waals surface area (Å²) >= 11 is 0. The first kappa shape index (κ1) is 7.86. The van der Waals surface area contributed by atoms with Gasteiger partial charge in [-0.05, 0) is 12.2 Å². The van der Waals surface area contributed by atoms with Crippen LogP contribution in [0.5, 0.6) is 0 Å². The SMILES string of the molecule is N#CC1=CC=C(F)C(F)(F)C1. The van der Waals surface area contributed by atoms with Gasteiger partial charge in [0.15, 0.2) is 5.83 Å². The zero-order valence-electron chi connectivity index (χ0n) is 5.44. The van der Waals surface area contributed by atoms with Crippen LogP contribution in [0.3, 0.4) is 0 Å². The summed E-state index contributed by atoms with van der Waals surface area (Å²) < 4.78 is 37.0. The van der Waals surface area contributed by atoms with Crippen molar-refractivity contribution in [1.82, 2.24) is 0 Å². The van der Waals surface area contributed by atoms with Crippen molar-refractivity contribution in [2.24, 2.45) is 0 Å². The molecular weight excluding hydrogens is 155 g/mol. The minimum Gasteiger partial charge on any atom is -0.205 e. The predicted molar refractivity (Wildman–Crippen MR) is 32.5 cm³/mol. The molecule has 0 amide bonds. The zero-order chi connectivity index (χ0) is 8.48. The van der Waals surface area contributed by atoms with Gasteiger partial charge in [0.2, 0.25) is 0 Å². The summed E-state index contributed by atoms with van der Waals surface area (Å²) in [6.45, 7) is 0. The Balaban J connectivity index is 2.95. The standard InChI is InChI=1S/C7H4F3N/c8-6-2-1-5(4-11)3-7(6,9)10/h1-2H,3H2. The van der Waals surface area contributed by atoms with Crippen LogP contribution in [0.2, 0.25) is 0 Å². The summed E-state index contributed by atoms with van der Waals surface area (Å²) in [5.74, 6) is -4.96. The second-order valence-corrected chi connectivity index (χ2v) is 2.20. The maximum absolute atomic E-state index is 12.4. The van der Waals surface area contributed by atoms with E-state index in [9.17, 15) is 13.2 Å². The Morgan fingerprint density at radius 1 is 1.45 bits per heavy atom. The van der Waals surface area contributed by atoms with Gasteiger partial charge in [0.1, 0.15) is 0 Å². The number of hydrogen-bond donors (Lipinski definition) is 0. The molecule has 0 atom stereocenters. The number of allylic oxidation sites excluding steroid dienone is 4. The molecule has 11 heavy (non-hydrogen) atoms. The fourth-order valence-electron chi connectivity index (χ4n) is 0.755. The van der Waals surface area contributed by atoms with Gasteiger partial charge < -0.3 is 0 Å². The molecular formula is C7H4F3N. The molecule has 1 aliphatic carbocycles. The zero-order valence-corrected chi connectivity index (χ0v) is 5.44. The lowest BCUT2D eigenvalue weighted by atomic mass is 10.0.